The number of hydrogen-bond donors (Lipinski definition) is 2. The number of thioether (sulfide) groups is 1. The number of nitriles is 1. The van der Waals surface area contributed by atoms with Gasteiger partial charge in [-0.25, -0.2) is 9.18 Å². The molecule has 1 aliphatic rings. The lowest BCUT2D eigenvalue weighted by Crippen LogP contribution is -2.46. The quantitative estimate of drug-likeness (QED) is 0.510. The van der Waals surface area contributed by atoms with E-state index in [1.54, 1.807) is 12.3 Å². The maximum Gasteiger partial charge on any atom is 0.390 e. The van der Waals surface area contributed by atoms with Crippen LogP contribution < -0.4 is 16.3 Å². The van der Waals surface area contributed by atoms with Crippen molar-refractivity contribution in [1.29, 1.82) is 5.26 Å². The third-order valence-electron chi connectivity index (χ3n) is 5.54. The molecule has 2 N–H and O–H groups in total. The van der Waals surface area contributed by atoms with E-state index in [-0.39, 0.29) is 14.6 Å². The van der Waals surface area contributed by atoms with Gasteiger partial charge in [0.2, 0.25) is 6.36 Å². The summed E-state index contributed by atoms with van der Waals surface area (Å²) in [6.07, 6.45) is -0.483. The number of carbonyl (C=O) groups is 1. The fourth-order valence-electron chi connectivity index (χ4n) is 3.69. The molecule has 0 spiro atoms. The molecule has 0 saturated carbocycles. The second-order valence-corrected chi connectivity index (χ2v) is 8.93. The van der Waals surface area contributed by atoms with E-state index in [2.05, 4.69) is 28.8 Å². The van der Waals surface area contributed by atoms with Crippen molar-refractivity contribution in [2.75, 3.05) is 19.3 Å². The average Bonchev–Trinajstić information content (AvgIpc) is 3.10. The second-order valence-electron chi connectivity index (χ2n) is 7.85. The highest BCUT2D eigenvalue weighted by atomic mass is 32.2. The SMILES string of the molecule is CC.CSC1CNCC(C(=O)NC(C#N)Cc2ccc(-c3ccc4oc(=O)c#cc4c3)cc2)OC1F.[HH].[HH]. The Labute approximate surface area is 217 Å². The molecular weight excluding hydrogens is 481 g/mol. The summed E-state index contributed by atoms with van der Waals surface area (Å²) in [5.41, 5.74) is 2.56. The van der Waals surface area contributed by atoms with E-state index in [0.717, 1.165) is 16.7 Å². The number of ether oxygens (including phenoxy) is 1. The van der Waals surface area contributed by atoms with Gasteiger partial charge in [-0.05, 0) is 35.1 Å². The number of carbonyl (C=O) groups excluding carboxylic acids is 1. The first-order chi connectivity index (χ1) is 17.5. The molecule has 4 unspecified atom stereocenters. The fraction of sp³-hybridized carbons (Fsp3) is 0.370. The second kappa shape index (κ2) is 13.1. The summed E-state index contributed by atoms with van der Waals surface area (Å²) in [7, 11) is 0. The van der Waals surface area contributed by atoms with E-state index >= 15 is 0 Å². The van der Waals surface area contributed by atoms with Crippen molar-refractivity contribution < 1.29 is 21.2 Å². The highest BCUT2D eigenvalue weighted by Crippen LogP contribution is 2.24. The molecular formula is C27H32FN3O4S. The summed E-state index contributed by atoms with van der Waals surface area (Å²) in [4.78, 5) is 23.9. The largest absolute Gasteiger partial charge is 0.416 e. The van der Waals surface area contributed by atoms with Gasteiger partial charge in [-0.2, -0.15) is 17.0 Å². The standard InChI is InChI=1S/C25H22FN3O4S.C2H6.2H2/c1-34-22-14-28-13-21(33-24(22)26)25(31)29-19(12-27)10-15-2-4-16(5-3-15)17-6-8-20-18(11-17)7-9-23(30)32-20;1-2;;/h2-6,8,11,19,21-22,24,28H,10,13-14H2,1H3,(H,29,31);1-2H3;2*1H. The third kappa shape index (κ3) is 6.86. The fourth-order valence-corrected chi connectivity index (χ4v) is 4.25. The van der Waals surface area contributed by atoms with E-state index in [1.165, 1.54) is 11.8 Å². The van der Waals surface area contributed by atoms with Gasteiger partial charge < -0.3 is 19.8 Å². The predicted octanol–water partition coefficient (Wildman–Crippen LogP) is 4.15. The van der Waals surface area contributed by atoms with Crippen LogP contribution in [0.1, 0.15) is 22.3 Å². The van der Waals surface area contributed by atoms with Crippen LogP contribution in [0.3, 0.4) is 0 Å². The molecule has 0 bridgehead atoms. The van der Waals surface area contributed by atoms with Crippen LogP contribution in [-0.2, 0) is 16.0 Å². The Balaban J connectivity index is 0.00000176. The van der Waals surface area contributed by atoms with Crippen LogP contribution in [0.25, 0.3) is 22.1 Å². The first kappa shape index (κ1) is 27.2. The number of halogens is 1. The number of hydrogen-bond acceptors (Lipinski definition) is 7. The van der Waals surface area contributed by atoms with Gasteiger partial charge in [0.1, 0.15) is 11.6 Å². The smallest absolute Gasteiger partial charge is 0.390 e. The minimum absolute atomic E-state index is 0. The first-order valence-electron chi connectivity index (χ1n) is 11.7. The van der Waals surface area contributed by atoms with Crippen molar-refractivity contribution in [1.82, 2.24) is 10.6 Å². The molecule has 3 aromatic rings. The molecule has 0 aliphatic carbocycles. The van der Waals surface area contributed by atoms with Crippen LogP contribution >= 0.6 is 11.8 Å². The van der Waals surface area contributed by atoms with E-state index in [9.17, 15) is 19.2 Å². The van der Waals surface area contributed by atoms with Gasteiger partial charge >= 0.3 is 5.63 Å². The Bertz CT molecular complexity index is 1270. The maximum absolute atomic E-state index is 14.2. The lowest BCUT2D eigenvalue weighted by atomic mass is 10.00. The predicted molar refractivity (Wildman–Crippen MR) is 142 cm³/mol. The molecule has 2 heterocycles. The van der Waals surface area contributed by atoms with Crippen molar-refractivity contribution in [3.8, 4) is 17.2 Å². The Morgan fingerprint density at radius 1 is 1.25 bits per heavy atom. The Kier molecular flexibility index (Phi) is 9.89. The normalized spacial score (nSPS) is 20.1. The molecule has 9 heteroatoms. The molecule has 2 aromatic carbocycles. The molecule has 1 aliphatic heterocycles. The topological polar surface area (TPSA) is 104 Å². The number of benzene rings is 2. The zero-order valence-electron chi connectivity index (χ0n) is 20.3. The highest BCUT2D eigenvalue weighted by Gasteiger charge is 2.32. The molecule has 1 fully saturated rings. The van der Waals surface area contributed by atoms with Crippen LogP contribution in [0, 0.1) is 23.5 Å². The van der Waals surface area contributed by atoms with Crippen LogP contribution in [0.2, 0.25) is 0 Å². The number of nitrogens with one attached hydrogen (secondary N) is 2. The summed E-state index contributed by atoms with van der Waals surface area (Å²) in [5, 5.41) is 15.5. The van der Waals surface area contributed by atoms with Gasteiger partial charge in [-0.1, -0.05) is 50.2 Å². The molecule has 7 nitrogen and oxygen atoms in total. The third-order valence-corrected chi connectivity index (χ3v) is 6.52. The van der Waals surface area contributed by atoms with E-state index in [0.29, 0.717) is 23.9 Å². The van der Waals surface area contributed by atoms with Gasteiger partial charge in [0.25, 0.3) is 5.91 Å². The Morgan fingerprint density at radius 3 is 2.67 bits per heavy atom. The van der Waals surface area contributed by atoms with Crippen LogP contribution in [0.4, 0.5) is 4.39 Å². The number of nitrogens with zero attached hydrogens (tertiary/aromatic N) is 1. The van der Waals surface area contributed by atoms with Gasteiger partial charge in [0.15, 0.2) is 6.10 Å². The Hall–Kier alpha value is -3.37. The highest BCUT2D eigenvalue weighted by molar-refractivity contribution is 7.99. The molecule has 1 amide bonds. The Morgan fingerprint density at radius 2 is 1.97 bits per heavy atom. The van der Waals surface area contributed by atoms with Crippen molar-refractivity contribution >= 4 is 28.6 Å². The number of amides is 1. The van der Waals surface area contributed by atoms with E-state index in [4.69, 9.17) is 9.15 Å². The number of rotatable bonds is 6. The zero-order chi connectivity index (χ0) is 26.1. The lowest BCUT2D eigenvalue weighted by molar-refractivity contribution is -0.143. The summed E-state index contributed by atoms with van der Waals surface area (Å²) < 4.78 is 24.6. The molecule has 4 rings (SSSR count). The van der Waals surface area contributed by atoms with Crippen LogP contribution in [-0.4, -0.2) is 49.0 Å². The van der Waals surface area contributed by atoms with Crippen molar-refractivity contribution in [3.63, 3.8) is 0 Å². The monoisotopic (exact) mass is 513 g/mol. The molecule has 4 atom stereocenters. The van der Waals surface area contributed by atoms with Gasteiger partial charge in [-0.3, -0.25) is 4.79 Å². The average molecular weight is 514 g/mol. The van der Waals surface area contributed by atoms with Crippen LogP contribution in [0.15, 0.2) is 51.7 Å². The minimum atomic E-state index is -1.56. The summed E-state index contributed by atoms with van der Waals surface area (Å²) in [5.74, 6) is -0.518. The molecule has 36 heavy (non-hydrogen) atoms. The summed E-state index contributed by atoms with van der Waals surface area (Å²) in [6.45, 7) is 4.59. The van der Waals surface area contributed by atoms with E-state index < -0.39 is 30.0 Å². The van der Waals surface area contributed by atoms with E-state index in [1.807, 2.05) is 50.2 Å². The van der Waals surface area contributed by atoms with Gasteiger partial charge in [0.05, 0.1) is 16.7 Å². The molecule has 192 valence electrons. The zero-order valence-corrected chi connectivity index (χ0v) is 21.2. The summed E-state index contributed by atoms with van der Waals surface area (Å²) in [6, 6.07) is 19.4. The lowest BCUT2D eigenvalue weighted by Gasteiger charge is -2.20. The van der Waals surface area contributed by atoms with Crippen molar-refractivity contribution in [3.05, 3.63) is 70.6 Å². The minimum Gasteiger partial charge on any atom is -0.416 e. The molecule has 0 radical (unpaired) electrons. The van der Waals surface area contributed by atoms with Crippen LogP contribution in [0.5, 0.6) is 0 Å². The molecule has 1 saturated heterocycles. The van der Waals surface area contributed by atoms with Crippen molar-refractivity contribution in [2.45, 2.75) is 44.0 Å². The first-order valence-corrected chi connectivity index (χ1v) is 13.0. The van der Waals surface area contributed by atoms with Gasteiger partial charge in [0, 0.05) is 28.4 Å². The number of fused-ring (bicyclic) bond motifs is 1. The van der Waals surface area contributed by atoms with Gasteiger partial charge in [-0.15, -0.1) is 0 Å². The summed E-state index contributed by atoms with van der Waals surface area (Å²) >= 11 is 1.33. The van der Waals surface area contributed by atoms with Crippen molar-refractivity contribution in [2.24, 2.45) is 0 Å². The number of alkyl halides is 1. The molecule has 1 aromatic heterocycles. The maximum atomic E-state index is 14.2.